The molecule has 1 aromatic carbocycles. The third kappa shape index (κ3) is 5.01. The average Bonchev–Trinajstić information content (AvgIpc) is 2.86. The van der Waals surface area contributed by atoms with E-state index in [-0.39, 0.29) is 23.8 Å². The van der Waals surface area contributed by atoms with Gasteiger partial charge in [-0.2, -0.15) is 0 Å². The second-order valence-corrected chi connectivity index (χ2v) is 7.99. The van der Waals surface area contributed by atoms with Gasteiger partial charge in [-0.3, -0.25) is 14.4 Å². The zero-order valence-corrected chi connectivity index (χ0v) is 16.1. The van der Waals surface area contributed by atoms with Crippen LogP contribution in [0, 0.1) is 0 Å². The quantitative estimate of drug-likeness (QED) is 0.708. The number of piperidine rings is 1. The second kappa shape index (κ2) is 9.23. The number of nitrogens with two attached hydrogens (primary N) is 1. The van der Waals surface area contributed by atoms with Gasteiger partial charge < -0.3 is 21.3 Å². The summed E-state index contributed by atoms with van der Waals surface area (Å²) in [6.45, 7) is 1.44. The van der Waals surface area contributed by atoms with Crippen molar-refractivity contribution in [1.29, 1.82) is 0 Å². The molecule has 1 saturated heterocycles. The monoisotopic (exact) mass is 390 g/mol. The molecule has 1 aromatic rings. The van der Waals surface area contributed by atoms with Crippen LogP contribution in [0.5, 0.6) is 0 Å². The number of carbonyl (C=O) groups is 3. The molecule has 2 aliphatic heterocycles. The molecule has 2 aliphatic rings. The standard InChI is InChI=1S/C19H26N4O3S/c20-8-6-17(24)21-12-14-3-1-2-9-23(14)19(26)13-4-5-16-15(11-13)22-18(25)7-10-27-16/h4-5,11,14H,1-3,6-10,12,20H2,(H,21,24)(H,22,25). The Kier molecular flexibility index (Phi) is 6.73. The Morgan fingerprint density at radius 1 is 1.33 bits per heavy atom. The van der Waals surface area contributed by atoms with Crippen LogP contribution in [-0.4, -0.2) is 54.1 Å². The molecular weight excluding hydrogens is 364 g/mol. The number of amides is 3. The molecule has 0 bridgehead atoms. The first-order valence-corrected chi connectivity index (χ1v) is 10.4. The summed E-state index contributed by atoms with van der Waals surface area (Å²) in [5, 5.41) is 5.77. The summed E-state index contributed by atoms with van der Waals surface area (Å²) < 4.78 is 0. The van der Waals surface area contributed by atoms with Gasteiger partial charge in [0.25, 0.3) is 5.91 Å². The van der Waals surface area contributed by atoms with Crippen molar-refractivity contribution in [3.05, 3.63) is 23.8 Å². The molecule has 0 saturated carbocycles. The van der Waals surface area contributed by atoms with Crippen molar-refractivity contribution in [3.8, 4) is 0 Å². The number of fused-ring (bicyclic) bond motifs is 1. The largest absolute Gasteiger partial charge is 0.354 e. The molecule has 8 heteroatoms. The molecular formula is C19H26N4O3S. The van der Waals surface area contributed by atoms with Gasteiger partial charge in [0.15, 0.2) is 0 Å². The zero-order valence-electron chi connectivity index (χ0n) is 15.3. The number of carbonyl (C=O) groups excluding carboxylic acids is 3. The molecule has 0 aromatic heterocycles. The summed E-state index contributed by atoms with van der Waals surface area (Å²) in [6, 6.07) is 5.48. The van der Waals surface area contributed by atoms with E-state index in [1.807, 2.05) is 17.0 Å². The van der Waals surface area contributed by atoms with E-state index < -0.39 is 0 Å². The second-order valence-electron chi connectivity index (χ2n) is 6.85. The highest BCUT2D eigenvalue weighted by atomic mass is 32.2. The van der Waals surface area contributed by atoms with Crippen molar-refractivity contribution < 1.29 is 14.4 Å². The SMILES string of the molecule is NCCC(=O)NCC1CCCCN1C(=O)c1ccc2c(c1)NC(=O)CCS2. The van der Waals surface area contributed by atoms with E-state index in [9.17, 15) is 14.4 Å². The van der Waals surface area contributed by atoms with E-state index in [4.69, 9.17) is 5.73 Å². The Morgan fingerprint density at radius 2 is 2.19 bits per heavy atom. The number of hydrogen-bond acceptors (Lipinski definition) is 5. The van der Waals surface area contributed by atoms with Crippen LogP contribution in [0.2, 0.25) is 0 Å². The molecule has 0 spiro atoms. The van der Waals surface area contributed by atoms with Crippen LogP contribution in [0.25, 0.3) is 0 Å². The smallest absolute Gasteiger partial charge is 0.254 e. The van der Waals surface area contributed by atoms with Gasteiger partial charge in [0, 0.05) is 54.7 Å². The van der Waals surface area contributed by atoms with Crippen molar-refractivity contribution >= 4 is 35.2 Å². The summed E-state index contributed by atoms with van der Waals surface area (Å²) in [5.74, 6) is 0.576. The molecule has 0 radical (unpaired) electrons. The minimum absolute atomic E-state index is 0.0178. The van der Waals surface area contributed by atoms with Gasteiger partial charge in [-0.05, 0) is 37.5 Å². The van der Waals surface area contributed by atoms with Crippen molar-refractivity contribution in [2.45, 2.75) is 43.0 Å². The van der Waals surface area contributed by atoms with Gasteiger partial charge in [0.1, 0.15) is 0 Å². The van der Waals surface area contributed by atoms with Crippen LogP contribution in [-0.2, 0) is 9.59 Å². The average molecular weight is 391 g/mol. The molecule has 3 rings (SSSR count). The predicted molar refractivity (Wildman–Crippen MR) is 106 cm³/mol. The lowest BCUT2D eigenvalue weighted by Crippen LogP contribution is -2.49. The lowest BCUT2D eigenvalue weighted by molar-refractivity contribution is -0.121. The summed E-state index contributed by atoms with van der Waals surface area (Å²) in [4.78, 5) is 39.5. The minimum Gasteiger partial charge on any atom is -0.354 e. The fraction of sp³-hybridized carbons (Fsp3) is 0.526. The lowest BCUT2D eigenvalue weighted by Gasteiger charge is -2.36. The highest BCUT2D eigenvalue weighted by molar-refractivity contribution is 7.99. The molecule has 1 atom stereocenters. The fourth-order valence-corrected chi connectivity index (χ4v) is 4.39. The van der Waals surface area contributed by atoms with Crippen molar-refractivity contribution in [2.24, 2.45) is 5.73 Å². The number of likely N-dealkylation sites (tertiary alicyclic amines) is 1. The Balaban J connectivity index is 1.72. The molecule has 3 amide bonds. The fourth-order valence-electron chi connectivity index (χ4n) is 3.45. The van der Waals surface area contributed by atoms with E-state index >= 15 is 0 Å². The molecule has 7 nitrogen and oxygen atoms in total. The van der Waals surface area contributed by atoms with E-state index in [1.54, 1.807) is 17.8 Å². The predicted octanol–water partition coefficient (Wildman–Crippen LogP) is 1.58. The van der Waals surface area contributed by atoms with Gasteiger partial charge in [0.05, 0.1) is 5.69 Å². The van der Waals surface area contributed by atoms with Gasteiger partial charge in [-0.25, -0.2) is 0 Å². The molecule has 4 N–H and O–H groups in total. The molecule has 146 valence electrons. The molecule has 27 heavy (non-hydrogen) atoms. The number of nitrogens with one attached hydrogen (secondary N) is 2. The van der Waals surface area contributed by atoms with Gasteiger partial charge in [-0.1, -0.05) is 0 Å². The van der Waals surface area contributed by atoms with Crippen molar-refractivity contribution in [2.75, 3.05) is 30.7 Å². The summed E-state index contributed by atoms with van der Waals surface area (Å²) in [5.41, 5.74) is 6.68. The van der Waals surface area contributed by atoms with Crippen LogP contribution in [0.4, 0.5) is 5.69 Å². The molecule has 0 aliphatic carbocycles. The van der Waals surface area contributed by atoms with Crippen molar-refractivity contribution in [3.63, 3.8) is 0 Å². The highest BCUT2D eigenvalue weighted by Gasteiger charge is 2.28. The van der Waals surface area contributed by atoms with Crippen LogP contribution < -0.4 is 16.4 Å². The molecule has 1 unspecified atom stereocenters. The van der Waals surface area contributed by atoms with Crippen LogP contribution in [0.1, 0.15) is 42.5 Å². The Hall–Kier alpha value is -2.06. The third-order valence-corrected chi connectivity index (χ3v) is 5.96. The minimum atomic E-state index is -0.0831. The Labute approximate surface area is 163 Å². The number of hydrogen-bond donors (Lipinski definition) is 3. The van der Waals surface area contributed by atoms with Crippen LogP contribution in [0.3, 0.4) is 0 Å². The molecule has 2 heterocycles. The van der Waals surface area contributed by atoms with Crippen molar-refractivity contribution in [1.82, 2.24) is 10.2 Å². The molecule has 1 fully saturated rings. The number of nitrogens with zero attached hydrogens (tertiary/aromatic N) is 1. The summed E-state index contributed by atoms with van der Waals surface area (Å²) >= 11 is 1.62. The number of anilines is 1. The van der Waals surface area contributed by atoms with Gasteiger partial charge >= 0.3 is 0 Å². The normalized spacial score (nSPS) is 19.7. The maximum Gasteiger partial charge on any atom is 0.254 e. The number of rotatable bonds is 5. The Morgan fingerprint density at radius 3 is 3.00 bits per heavy atom. The van der Waals surface area contributed by atoms with Gasteiger partial charge in [0.2, 0.25) is 11.8 Å². The summed E-state index contributed by atoms with van der Waals surface area (Å²) in [6.07, 6.45) is 3.63. The third-order valence-electron chi connectivity index (χ3n) is 4.88. The maximum atomic E-state index is 13.1. The highest BCUT2D eigenvalue weighted by Crippen LogP contribution is 2.32. The first-order chi connectivity index (χ1) is 13.1. The Bertz CT molecular complexity index is 725. The first kappa shape index (κ1) is 19.7. The van der Waals surface area contributed by atoms with Gasteiger partial charge in [-0.15, -0.1) is 11.8 Å². The van der Waals surface area contributed by atoms with E-state index in [0.717, 1.165) is 29.9 Å². The topological polar surface area (TPSA) is 105 Å². The van der Waals surface area contributed by atoms with E-state index in [2.05, 4.69) is 10.6 Å². The van der Waals surface area contributed by atoms with E-state index in [0.29, 0.717) is 43.7 Å². The summed E-state index contributed by atoms with van der Waals surface area (Å²) in [7, 11) is 0. The zero-order chi connectivity index (χ0) is 19.2. The van der Waals surface area contributed by atoms with E-state index in [1.165, 1.54) is 0 Å². The first-order valence-electron chi connectivity index (χ1n) is 9.43. The van der Waals surface area contributed by atoms with Crippen LogP contribution >= 0.6 is 11.8 Å². The number of benzene rings is 1. The lowest BCUT2D eigenvalue weighted by atomic mass is 10.0. The van der Waals surface area contributed by atoms with Crippen LogP contribution in [0.15, 0.2) is 23.1 Å². The number of thioether (sulfide) groups is 1. The maximum absolute atomic E-state index is 13.1.